The van der Waals surface area contributed by atoms with Crippen LogP contribution in [0, 0.1) is 0 Å². The number of thioether (sulfide) groups is 1. The van der Waals surface area contributed by atoms with Crippen LogP contribution >= 0.6 is 11.8 Å². The Morgan fingerprint density at radius 3 is 2.76 bits per heavy atom. The monoisotopic (exact) mass is 249 g/mol. The summed E-state index contributed by atoms with van der Waals surface area (Å²) >= 11 is 1.37. The Morgan fingerprint density at radius 2 is 2.24 bits per heavy atom. The van der Waals surface area contributed by atoms with Gasteiger partial charge in [-0.15, -0.1) is 0 Å². The largest absolute Gasteiger partial charge is 0.364 e. The van der Waals surface area contributed by atoms with Crippen LogP contribution < -0.4 is 5.73 Å². The number of carbonyl (C=O) groups is 2. The molecule has 1 unspecified atom stereocenters. The lowest BCUT2D eigenvalue weighted by molar-refractivity contribution is -0.119. The fourth-order valence-corrected chi connectivity index (χ4v) is 2.75. The quantitative estimate of drug-likeness (QED) is 0.850. The average Bonchev–Trinajstić information content (AvgIpc) is 2.54. The highest BCUT2D eigenvalue weighted by Gasteiger charge is 2.41. The second-order valence-corrected chi connectivity index (χ2v) is 5.48. The Balaban J connectivity index is 2.45. The van der Waals surface area contributed by atoms with E-state index in [4.69, 9.17) is 5.73 Å². The maximum absolute atomic E-state index is 11.8. The number of primary amides is 1. The van der Waals surface area contributed by atoms with Crippen LogP contribution in [0.25, 0.3) is 0 Å². The lowest BCUT2D eigenvalue weighted by Gasteiger charge is -2.20. The molecular formula is C11H11N3O2S. The normalized spacial score (nSPS) is 23.6. The van der Waals surface area contributed by atoms with Gasteiger partial charge in [-0.25, -0.2) is 4.99 Å². The van der Waals surface area contributed by atoms with Crippen molar-refractivity contribution in [2.45, 2.75) is 18.6 Å². The van der Waals surface area contributed by atoms with Crippen LogP contribution in [0.4, 0.5) is 0 Å². The third-order valence-electron chi connectivity index (χ3n) is 2.58. The minimum Gasteiger partial charge on any atom is -0.364 e. The van der Waals surface area contributed by atoms with Gasteiger partial charge >= 0.3 is 0 Å². The number of rotatable bonds is 2. The van der Waals surface area contributed by atoms with Crippen molar-refractivity contribution in [2.24, 2.45) is 10.7 Å². The van der Waals surface area contributed by atoms with Crippen molar-refractivity contribution < 1.29 is 9.59 Å². The summed E-state index contributed by atoms with van der Waals surface area (Å²) in [4.78, 5) is 30.7. The predicted molar refractivity (Wildman–Crippen MR) is 65.8 cm³/mol. The van der Waals surface area contributed by atoms with E-state index in [1.807, 2.05) is 0 Å². The lowest BCUT2D eigenvalue weighted by Crippen LogP contribution is -2.25. The van der Waals surface area contributed by atoms with Crippen LogP contribution in [0.3, 0.4) is 0 Å². The summed E-state index contributed by atoms with van der Waals surface area (Å²) in [5.74, 6) is -0.829. The number of nitrogens with zero attached hydrogens (tertiary/aromatic N) is 2. The third-order valence-corrected chi connectivity index (χ3v) is 3.79. The maximum atomic E-state index is 11.8. The number of hydrogen-bond acceptors (Lipinski definition) is 4. The van der Waals surface area contributed by atoms with Crippen LogP contribution in [0.1, 0.15) is 29.9 Å². The molecule has 1 aromatic heterocycles. The van der Waals surface area contributed by atoms with E-state index in [-0.39, 0.29) is 11.6 Å². The molecule has 0 fully saturated rings. The Hall–Kier alpha value is -1.69. The Kier molecular flexibility index (Phi) is 2.74. The number of amides is 2. The summed E-state index contributed by atoms with van der Waals surface area (Å²) in [6.45, 7) is 3.56. The molecule has 0 aromatic carbocycles. The van der Waals surface area contributed by atoms with Gasteiger partial charge in [0.15, 0.2) is 0 Å². The zero-order valence-electron chi connectivity index (χ0n) is 9.43. The number of carbonyl (C=O) groups excluding carboxylic acids is 2. The summed E-state index contributed by atoms with van der Waals surface area (Å²) in [5.41, 5.74) is 6.01. The van der Waals surface area contributed by atoms with E-state index in [2.05, 4.69) is 9.98 Å². The van der Waals surface area contributed by atoms with E-state index in [1.165, 1.54) is 18.0 Å². The first-order chi connectivity index (χ1) is 7.93. The molecule has 88 valence electrons. The van der Waals surface area contributed by atoms with Crippen LogP contribution in [-0.2, 0) is 9.54 Å². The molecule has 2 N–H and O–H groups in total. The number of hydrogen-bond donors (Lipinski definition) is 1. The van der Waals surface area contributed by atoms with Gasteiger partial charge in [0, 0.05) is 6.20 Å². The van der Waals surface area contributed by atoms with Gasteiger partial charge in [0.25, 0.3) is 11.8 Å². The van der Waals surface area contributed by atoms with E-state index in [0.717, 1.165) is 5.04 Å². The van der Waals surface area contributed by atoms with Gasteiger partial charge in [-0.3, -0.25) is 14.6 Å². The Bertz CT molecular complexity index is 541. The van der Waals surface area contributed by atoms with Gasteiger partial charge in [0.1, 0.15) is 10.4 Å². The second-order valence-electron chi connectivity index (χ2n) is 3.87. The Labute approximate surface area is 103 Å². The van der Waals surface area contributed by atoms with Crippen molar-refractivity contribution in [2.75, 3.05) is 0 Å². The minimum absolute atomic E-state index is 0.154. The van der Waals surface area contributed by atoms with Crippen LogP contribution in [0.5, 0.6) is 0 Å². The summed E-state index contributed by atoms with van der Waals surface area (Å²) in [7, 11) is 0. The SMILES string of the molecule is CC1=NC(=O)C(C)(c2ccnc(C(N)=O)c2)S1. The predicted octanol–water partition coefficient (Wildman–Crippen LogP) is 1.09. The number of aliphatic imine (C=N–C) groups is 1. The Morgan fingerprint density at radius 1 is 1.53 bits per heavy atom. The first-order valence-corrected chi connectivity index (χ1v) is 5.80. The molecule has 0 saturated carbocycles. The van der Waals surface area contributed by atoms with E-state index in [1.54, 1.807) is 26.0 Å². The zero-order chi connectivity index (χ0) is 12.6. The summed E-state index contributed by atoms with van der Waals surface area (Å²) < 4.78 is -0.781. The van der Waals surface area contributed by atoms with Crippen molar-refractivity contribution >= 4 is 28.6 Å². The van der Waals surface area contributed by atoms with Crippen LogP contribution in [0.2, 0.25) is 0 Å². The van der Waals surface area contributed by atoms with E-state index < -0.39 is 10.7 Å². The van der Waals surface area contributed by atoms with E-state index >= 15 is 0 Å². The van der Waals surface area contributed by atoms with Crippen molar-refractivity contribution in [1.29, 1.82) is 0 Å². The fourth-order valence-electron chi connectivity index (χ4n) is 1.66. The fraction of sp³-hybridized carbons (Fsp3) is 0.273. The average molecular weight is 249 g/mol. The number of aromatic nitrogens is 1. The second kappa shape index (κ2) is 3.96. The topological polar surface area (TPSA) is 85.4 Å². The van der Waals surface area contributed by atoms with Crippen LogP contribution in [0.15, 0.2) is 23.3 Å². The number of pyridine rings is 1. The molecule has 1 aliphatic rings. The smallest absolute Gasteiger partial charge is 0.267 e. The van der Waals surface area contributed by atoms with Crippen LogP contribution in [-0.4, -0.2) is 21.8 Å². The molecule has 0 saturated heterocycles. The van der Waals surface area contributed by atoms with E-state index in [9.17, 15) is 9.59 Å². The highest BCUT2D eigenvalue weighted by atomic mass is 32.2. The van der Waals surface area contributed by atoms with E-state index in [0.29, 0.717) is 5.56 Å². The van der Waals surface area contributed by atoms with Gasteiger partial charge in [0.05, 0.1) is 5.04 Å². The number of nitrogens with two attached hydrogens (primary N) is 1. The molecule has 5 nitrogen and oxygen atoms in total. The molecule has 0 radical (unpaired) electrons. The molecule has 0 spiro atoms. The summed E-state index contributed by atoms with van der Waals surface area (Å²) in [6.07, 6.45) is 1.47. The summed E-state index contributed by atoms with van der Waals surface area (Å²) in [6, 6.07) is 3.24. The molecule has 1 atom stereocenters. The third kappa shape index (κ3) is 1.95. The highest BCUT2D eigenvalue weighted by Crippen LogP contribution is 2.42. The lowest BCUT2D eigenvalue weighted by atomic mass is 10.00. The first-order valence-electron chi connectivity index (χ1n) is 4.98. The molecule has 1 aromatic rings. The first kappa shape index (κ1) is 11.8. The summed E-state index contributed by atoms with van der Waals surface area (Å²) in [5, 5.41) is 0.718. The molecule has 0 bridgehead atoms. The maximum Gasteiger partial charge on any atom is 0.267 e. The molecule has 2 amide bonds. The molecule has 2 rings (SSSR count). The van der Waals surface area contributed by atoms with Crippen molar-refractivity contribution in [3.05, 3.63) is 29.6 Å². The molecule has 2 heterocycles. The van der Waals surface area contributed by atoms with Crippen molar-refractivity contribution in [1.82, 2.24) is 4.98 Å². The minimum atomic E-state index is -0.781. The zero-order valence-corrected chi connectivity index (χ0v) is 10.2. The van der Waals surface area contributed by atoms with Gasteiger partial charge < -0.3 is 5.73 Å². The van der Waals surface area contributed by atoms with Crippen molar-refractivity contribution in [3.63, 3.8) is 0 Å². The van der Waals surface area contributed by atoms with Gasteiger partial charge in [-0.1, -0.05) is 11.8 Å². The highest BCUT2D eigenvalue weighted by molar-refractivity contribution is 8.15. The van der Waals surface area contributed by atoms with Gasteiger partial charge in [-0.05, 0) is 31.5 Å². The van der Waals surface area contributed by atoms with Crippen molar-refractivity contribution in [3.8, 4) is 0 Å². The molecule has 6 heteroatoms. The van der Waals surface area contributed by atoms with Gasteiger partial charge in [0.2, 0.25) is 0 Å². The van der Waals surface area contributed by atoms with Gasteiger partial charge in [-0.2, -0.15) is 0 Å². The molecule has 1 aliphatic heterocycles. The standard InChI is InChI=1S/C11H11N3O2S/c1-6-14-10(16)11(2,17-6)7-3-4-13-8(5-7)9(12)15/h3-5H,1-2H3,(H2,12,15). The molecule has 0 aliphatic carbocycles. The molecule has 17 heavy (non-hydrogen) atoms. The molecular weight excluding hydrogens is 238 g/mol.